The van der Waals surface area contributed by atoms with E-state index >= 15 is 0 Å². The van der Waals surface area contributed by atoms with Gasteiger partial charge in [-0.05, 0) is 85.8 Å². The van der Waals surface area contributed by atoms with Gasteiger partial charge < -0.3 is 24.6 Å². The maximum atomic E-state index is 13.6. The molecule has 1 amide bonds. The predicted octanol–water partition coefficient (Wildman–Crippen LogP) is 5.82. The highest BCUT2D eigenvalue weighted by Gasteiger charge is 2.28. The number of anilines is 1. The molecule has 1 aliphatic heterocycles. The van der Waals surface area contributed by atoms with Gasteiger partial charge in [-0.15, -0.1) is 0 Å². The molecule has 2 atom stereocenters. The summed E-state index contributed by atoms with van der Waals surface area (Å²) < 4.78 is 44.8. The van der Waals surface area contributed by atoms with E-state index in [0.29, 0.717) is 48.1 Å². The Kier molecular flexibility index (Phi) is 10.8. The van der Waals surface area contributed by atoms with E-state index in [2.05, 4.69) is 5.32 Å². The fourth-order valence-electron chi connectivity index (χ4n) is 4.79. The number of benzene rings is 3. The van der Waals surface area contributed by atoms with Crippen molar-refractivity contribution in [3.8, 4) is 17.2 Å². The molecule has 0 spiro atoms. The van der Waals surface area contributed by atoms with Crippen LogP contribution in [-0.2, 0) is 21.2 Å². The number of ether oxygens (including phenoxy) is 3. The van der Waals surface area contributed by atoms with Gasteiger partial charge in [0.2, 0.25) is 0 Å². The fourth-order valence-corrected chi connectivity index (χ4v) is 6.66. The third-order valence-corrected chi connectivity index (χ3v) is 9.07. The number of carbonyl (C=O) groups is 1. The maximum absolute atomic E-state index is 13.6. The number of nitrogens with zero attached hydrogens (tertiary/aromatic N) is 1. The number of phenols is 1. The van der Waals surface area contributed by atoms with Crippen molar-refractivity contribution in [2.45, 2.75) is 57.1 Å². The molecule has 0 unspecified atom stereocenters. The molecular weight excluding hydrogens is 592 g/mol. The summed E-state index contributed by atoms with van der Waals surface area (Å²) in [5, 5.41) is 14.3. The van der Waals surface area contributed by atoms with Crippen molar-refractivity contribution in [2.75, 3.05) is 31.2 Å². The SMILES string of the molecule is COc1ccc(S(=O)(=O)N(CC(C)C)c2ccc(CC[C@H](C)NC(=O)c3cc(Cl)cc(O[C@H]4CCOC4)c3)cc2O)cc1. The Bertz CT molecular complexity index is 1510. The zero-order valence-electron chi connectivity index (χ0n) is 24.9. The number of carbonyl (C=O) groups excluding carboxylic acids is 1. The van der Waals surface area contributed by atoms with Gasteiger partial charge in [-0.1, -0.05) is 31.5 Å². The van der Waals surface area contributed by atoms with Gasteiger partial charge in [-0.25, -0.2) is 8.42 Å². The molecule has 0 radical (unpaired) electrons. The van der Waals surface area contributed by atoms with Crippen molar-refractivity contribution in [2.24, 2.45) is 5.92 Å². The second-order valence-electron chi connectivity index (χ2n) is 11.1. The van der Waals surface area contributed by atoms with Crippen LogP contribution in [-0.4, -0.2) is 58.4 Å². The Labute approximate surface area is 258 Å². The highest BCUT2D eigenvalue weighted by Crippen LogP contribution is 2.34. The maximum Gasteiger partial charge on any atom is 0.264 e. The van der Waals surface area contributed by atoms with Crippen molar-refractivity contribution in [3.63, 3.8) is 0 Å². The van der Waals surface area contributed by atoms with Gasteiger partial charge in [0.25, 0.3) is 15.9 Å². The van der Waals surface area contributed by atoms with Gasteiger partial charge in [0.1, 0.15) is 23.4 Å². The highest BCUT2D eigenvalue weighted by atomic mass is 35.5. The molecule has 0 aliphatic carbocycles. The van der Waals surface area contributed by atoms with Gasteiger partial charge >= 0.3 is 0 Å². The zero-order valence-corrected chi connectivity index (χ0v) is 26.5. The van der Waals surface area contributed by atoms with Crippen molar-refractivity contribution in [3.05, 3.63) is 76.8 Å². The Morgan fingerprint density at radius 2 is 1.84 bits per heavy atom. The molecular formula is C32H39ClN2O7S. The summed E-state index contributed by atoms with van der Waals surface area (Å²) in [5.41, 5.74) is 1.42. The number of hydrogen-bond donors (Lipinski definition) is 2. The fraction of sp³-hybridized carbons (Fsp3) is 0.406. The molecule has 3 aromatic rings. The minimum Gasteiger partial charge on any atom is -0.506 e. The van der Waals surface area contributed by atoms with Crippen LogP contribution >= 0.6 is 11.6 Å². The van der Waals surface area contributed by atoms with E-state index in [-0.39, 0.29) is 46.8 Å². The second kappa shape index (κ2) is 14.3. The van der Waals surface area contributed by atoms with E-state index in [0.717, 1.165) is 12.0 Å². The average Bonchev–Trinajstić information content (AvgIpc) is 3.47. The van der Waals surface area contributed by atoms with E-state index in [1.165, 1.54) is 23.5 Å². The Morgan fingerprint density at radius 3 is 2.47 bits per heavy atom. The molecule has 11 heteroatoms. The van der Waals surface area contributed by atoms with Gasteiger partial charge in [-0.2, -0.15) is 0 Å². The normalized spacial score (nSPS) is 15.7. The van der Waals surface area contributed by atoms with Crippen molar-refractivity contribution in [1.29, 1.82) is 0 Å². The van der Waals surface area contributed by atoms with Crippen LogP contribution in [0, 0.1) is 5.92 Å². The lowest BCUT2D eigenvalue weighted by atomic mass is 10.0. The van der Waals surface area contributed by atoms with Gasteiger partial charge in [0, 0.05) is 29.6 Å². The topological polar surface area (TPSA) is 114 Å². The van der Waals surface area contributed by atoms with E-state index in [1.807, 2.05) is 20.8 Å². The molecule has 1 heterocycles. The first-order chi connectivity index (χ1) is 20.5. The van der Waals surface area contributed by atoms with Crippen molar-refractivity contribution in [1.82, 2.24) is 5.32 Å². The number of hydrogen-bond acceptors (Lipinski definition) is 7. The highest BCUT2D eigenvalue weighted by molar-refractivity contribution is 7.92. The summed E-state index contributed by atoms with van der Waals surface area (Å²) in [7, 11) is -2.43. The Balaban J connectivity index is 1.41. The first-order valence-corrected chi connectivity index (χ1v) is 16.1. The molecule has 4 rings (SSSR count). The first kappa shape index (κ1) is 32.4. The Hall–Kier alpha value is -3.47. The smallest absolute Gasteiger partial charge is 0.264 e. The molecule has 9 nitrogen and oxygen atoms in total. The van der Waals surface area contributed by atoms with E-state index in [1.54, 1.807) is 48.5 Å². The molecule has 0 aromatic heterocycles. The van der Waals surface area contributed by atoms with Crippen LogP contribution in [0.3, 0.4) is 0 Å². The lowest BCUT2D eigenvalue weighted by molar-refractivity contribution is 0.0937. The number of amides is 1. The zero-order chi connectivity index (χ0) is 31.1. The third kappa shape index (κ3) is 8.55. The summed E-state index contributed by atoms with van der Waals surface area (Å²) in [6.07, 6.45) is 1.87. The van der Waals surface area contributed by atoms with E-state index in [9.17, 15) is 18.3 Å². The molecule has 3 aromatic carbocycles. The number of nitrogens with one attached hydrogen (secondary N) is 1. The number of aromatic hydroxyl groups is 1. The number of halogens is 1. The van der Waals surface area contributed by atoms with Crippen LogP contribution in [0.5, 0.6) is 17.2 Å². The molecule has 1 saturated heterocycles. The lowest BCUT2D eigenvalue weighted by Crippen LogP contribution is -2.34. The first-order valence-electron chi connectivity index (χ1n) is 14.3. The van der Waals surface area contributed by atoms with E-state index in [4.69, 9.17) is 25.8 Å². The second-order valence-corrected chi connectivity index (χ2v) is 13.4. The monoisotopic (exact) mass is 630 g/mol. The standard InChI is InChI=1S/C32H39ClN2O7S/c1-21(2)19-35(43(38,39)29-10-8-26(40-4)9-11-29)30-12-7-23(15-31(30)36)6-5-22(3)34-32(37)24-16-25(33)18-28(17-24)42-27-13-14-41-20-27/h7-12,15-18,21-22,27,36H,5-6,13-14,19-20H2,1-4H3,(H,34,37)/t22-,27-/m0/s1. The van der Waals surface area contributed by atoms with Crippen molar-refractivity contribution >= 4 is 33.2 Å². The van der Waals surface area contributed by atoms with Crippen LogP contribution in [0.25, 0.3) is 0 Å². The molecule has 232 valence electrons. The summed E-state index contributed by atoms with van der Waals surface area (Å²) in [6.45, 7) is 7.08. The molecule has 1 fully saturated rings. The number of methoxy groups -OCH3 is 1. The summed E-state index contributed by atoms with van der Waals surface area (Å²) >= 11 is 6.25. The minimum absolute atomic E-state index is 0.00965. The number of sulfonamides is 1. The van der Waals surface area contributed by atoms with Crippen LogP contribution in [0.15, 0.2) is 65.6 Å². The van der Waals surface area contributed by atoms with Crippen LogP contribution < -0.4 is 19.1 Å². The molecule has 0 bridgehead atoms. The largest absolute Gasteiger partial charge is 0.506 e. The molecule has 0 saturated carbocycles. The predicted molar refractivity (Wildman–Crippen MR) is 167 cm³/mol. The van der Waals surface area contributed by atoms with Crippen molar-refractivity contribution < 1.29 is 32.5 Å². The quantitative estimate of drug-likeness (QED) is 0.244. The number of rotatable bonds is 13. The van der Waals surface area contributed by atoms with Crippen LogP contribution in [0.4, 0.5) is 5.69 Å². The van der Waals surface area contributed by atoms with Gasteiger partial charge in [0.05, 0.1) is 30.9 Å². The number of phenolic OH excluding ortho intramolecular Hbond substituents is 1. The lowest BCUT2D eigenvalue weighted by Gasteiger charge is -2.27. The summed E-state index contributed by atoms with van der Waals surface area (Å²) in [4.78, 5) is 13.1. The van der Waals surface area contributed by atoms with Gasteiger partial charge in [0.15, 0.2) is 0 Å². The van der Waals surface area contributed by atoms with Crippen LogP contribution in [0.1, 0.15) is 49.5 Å². The third-order valence-electron chi connectivity index (χ3n) is 7.05. The molecule has 2 N–H and O–H groups in total. The number of aryl methyl sites for hydroxylation is 1. The minimum atomic E-state index is -3.94. The molecule has 1 aliphatic rings. The Morgan fingerprint density at radius 1 is 1.09 bits per heavy atom. The van der Waals surface area contributed by atoms with Gasteiger partial charge in [-0.3, -0.25) is 9.10 Å². The average molecular weight is 631 g/mol. The summed E-state index contributed by atoms with van der Waals surface area (Å²) in [5.74, 6) is 0.681. The molecule has 43 heavy (non-hydrogen) atoms. The van der Waals surface area contributed by atoms with E-state index < -0.39 is 10.0 Å². The summed E-state index contributed by atoms with van der Waals surface area (Å²) in [6, 6.07) is 15.9. The van der Waals surface area contributed by atoms with Crippen LogP contribution in [0.2, 0.25) is 5.02 Å².